The minimum Gasteiger partial charge on any atom is -0.338 e. The molecule has 0 aliphatic heterocycles. The van der Waals surface area contributed by atoms with Crippen molar-refractivity contribution in [2.75, 3.05) is 10.6 Å². The van der Waals surface area contributed by atoms with Gasteiger partial charge in [-0.05, 0) is 29.6 Å². The van der Waals surface area contributed by atoms with Crippen molar-refractivity contribution >= 4 is 45.8 Å². The molecule has 136 valence electrons. The predicted octanol–water partition coefficient (Wildman–Crippen LogP) is 4.15. The summed E-state index contributed by atoms with van der Waals surface area (Å²) in [7, 11) is 0. The van der Waals surface area contributed by atoms with Crippen LogP contribution in [0.5, 0.6) is 0 Å². The fourth-order valence-corrected chi connectivity index (χ4v) is 3.39. The first kappa shape index (κ1) is 16.3. The van der Waals surface area contributed by atoms with Gasteiger partial charge in [-0.15, -0.1) is 0 Å². The molecular formula is C19H14N8S. The molecular weight excluding hydrogens is 372 g/mol. The molecule has 0 bridgehead atoms. The number of para-hydroxylation sites is 1. The molecule has 0 atom stereocenters. The van der Waals surface area contributed by atoms with Gasteiger partial charge in [-0.25, -0.2) is 15.0 Å². The number of thiophene rings is 1. The molecule has 0 radical (unpaired) electrons. The van der Waals surface area contributed by atoms with Crippen molar-refractivity contribution in [3.05, 3.63) is 72.1 Å². The van der Waals surface area contributed by atoms with Crippen LogP contribution in [0.1, 0.15) is 0 Å². The summed E-state index contributed by atoms with van der Waals surface area (Å²) < 4.78 is 1.94. The summed E-state index contributed by atoms with van der Waals surface area (Å²) in [5.41, 5.74) is 3.30. The van der Waals surface area contributed by atoms with Gasteiger partial charge < -0.3 is 10.6 Å². The van der Waals surface area contributed by atoms with Gasteiger partial charge in [0.15, 0.2) is 17.0 Å². The second-order valence-electron chi connectivity index (χ2n) is 5.87. The van der Waals surface area contributed by atoms with E-state index in [1.807, 2.05) is 51.7 Å². The molecule has 8 nitrogen and oxygen atoms in total. The lowest BCUT2D eigenvalue weighted by Gasteiger charge is -2.10. The molecule has 5 aromatic rings. The van der Waals surface area contributed by atoms with E-state index in [-0.39, 0.29) is 0 Å². The molecule has 0 unspecified atom stereocenters. The van der Waals surface area contributed by atoms with E-state index in [2.05, 4.69) is 35.6 Å². The van der Waals surface area contributed by atoms with Crippen molar-refractivity contribution in [3.63, 3.8) is 0 Å². The van der Waals surface area contributed by atoms with Gasteiger partial charge in [0, 0.05) is 17.3 Å². The van der Waals surface area contributed by atoms with E-state index in [0.29, 0.717) is 28.7 Å². The van der Waals surface area contributed by atoms with E-state index in [4.69, 9.17) is 0 Å². The highest BCUT2D eigenvalue weighted by molar-refractivity contribution is 7.08. The van der Waals surface area contributed by atoms with Gasteiger partial charge in [0.1, 0.15) is 18.5 Å². The van der Waals surface area contributed by atoms with Crippen molar-refractivity contribution in [2.24, 2.45) is 0 Å². The first-order valence-corrected chi connectivity index (χ1v) is 9.44. The maximum atomic E-state index is 4.67. The minimum atomic E-state index is 0.418. The van der Waals surface area contributed by atoms with Crippen LogP contribution in [0.2, 0.25) is 0 Å². The Morgan fingerprint density at radius 1 is 0.929 bits per heavy atom. The Morgan fingerprint density at radius 2 is 1.86 bits per heavy atom. The molecule has 28 heavy (non-hydrogen) atoms. The number of imidazole rings is 1. The average Bonchev–Trinajstić information content (AvgIpc) is 3.39. The number of aromatic nitrogens is 6. The quantitative estimate of drug-likeness (QED) is 0.468. The van der Waals surface area contributed by atoms with Crippen molar-refractivity contribution < 1.29 is 0 Å². The number of benzene rings is 1. The summed E-state index contributed by atoms with van der Waals surface area (Å²) in [5, 5.41) is 10.5. The number of hydrogen-bond donors (Lipinski definition) is 2. The van der Waals surface area contributed by atoms with E-state index >= 15 is 0 Å². The molecule has 2 N–H and O–H groups in total. The Hall–Kier alpha value is -3.85. The third-order valence-corrected chi connectivity index (χ3v) is 4.71. The number of nitrogens with zero attached hydrogens (tertiary/aromatic N) is 6. The van der Waals surface area contributed by atoms with E-state index in [1.165, 1.54) is 6.33 Å². The smallest absolute Gasteiger partial charge is 0.232 e. The zero-order valence-corrected chi connectivity index (χ0v) is 15.3. The lowest BCUT2D eigenvalue weighted by molar-refractivity contribution is 1.06. The highest BCUT2D eigenvalue weighted by Gasteiger charge is 2.15. The molecule has 0 saturated heterocycles. The van der Waals surface area contributed by atoms with Crippen molar-refractivity contribution in [1.29, 1.82) is 0 Å². The Balaban J connectivity index is 1.64. The molecule has 0 saturated carbocycles. The molecule has 0 aliphatic rings. The maximum absolute atomic E-state index is 4.67. The zero-order valence-electron chi connectivity index (χ0n) is 14.5. The van der Waals surface area contributed by atoms with Crippen LogP contribution in [0.4, 0.5) is 23.3 Å². The summed E-state index contributed by atoms with van der Waals surface area (Å²) in [4.78, 5) is 22.0. The third kappa shape index (κ3) is 3.14. The molecule has 9 heteroatoms. The molecule has 5 rings (SSSR count). The first-order chi connectivity index (χ1) is 13.9. The molecule has 4 heterocycles. The number of rotatable bonds is 5. The normalized spacial score (nSPS) is 10.9. The van der Waals surface area contributed by atoms with Gasteiger partial charge in [-0.3, -0.25) is 4.57 Å². The van der Waals surface area contributed by atoms with Crippen LogP contribution in [0.15, 0.2) is 72.1 Å². The largest absolute Gasteiger partial charge is 0.338 e. The SMILES string of the molecule is c1ccc(Nc2nc(Nc3ccncn3)nc3c2ncn3-c2ccsc2)cc1. The molecule has 0 fully saturated rings. The molecule has 4 aromatic heterocycles. The monoisotopic (exact) mass is 386 g/mol. The summed E-state index contributed by atoms with van der Waals surface area (Å²) in [6.07, 6.45) is 4.89. The Labute approximate surface area is 164 Å². The Kier molecular flexibility index (Phi) is 4.11. The van der Waals surface area contributed by atoms with Gasteiger partial charge in [-0.2, -0.15) is 21.3 Å². The number of anilines is 4. The van der Waals surface area contributed by atoms with E-state index < -0.39 is 0 Å². The fraction of sp³-hybridized carbons (Fsp3) is 0. The highest BCUT2D eigenvalue weighted by atomic mass is 32.1. The van der Waals surface area contributed by atoms with Gasteiger partial charge in [-0.1, -0.05) is 18.2 Å². The van der Waals surface area contributed by atoms with E-state index in [0.717, 1.165) is 11.4 Å². The van der Waals surface area contributed by atoms with E-state index in [9.17, 15) is 0 Å². The van der Waals surface area contributed by atoms with Crippen LogP contribution in [0.3, 0.4) is 0 Å². The van der Waals surface area contributed by atoms with Gasteiger partial charge in [0.25, 0.3) is 0 Å². The minimum absolute atomic E-state index is 0.418. The summed E-state index contributed by atoms with van der Waals surface area (Å²) in [6, 6.07) is 13.6. The van der Waals surface area contributed by atoms with Crippen molar-refractivity contribution in [1.82, 2.24) is 29.5 Å². The number of hydrogen-bond acceptors (Lipinski definition) is 8. The first-order valence-electron chi connectivity index (χ1n) is 8.49. The highest BCUT2D eigenvalue weighted by Crippen LogP contribution is 2.27. The topological polar surface area (TPSA) is 93.4 Å². The summed E-state index contributed by atoms with van der Waals surface area (Å²) >= 11 is 1.62. The second-order valence-corrected chi connectivity index (χ2v) is 6.65. The Morgan fingerprint density at radius 3 is 2.64 bits per heavy atom. The summed E-state index contributed by atoms with van der Waals surface area (Å²) in [5.74, 6) is 1.64. The van der Waals surface area contributed by atoms with E-state index in [1.54, 1.807) is 29.9 Å². The van der Waals surface area contributed by atoms with Crippen LogP contribution < -0.4 is 10.6 Å². The van der Waals surface area contributed by atoms with Crippen molar-refractivity contribution in [2.45, 2.75) is 0 Å². The van der Waals surface area contributed by atoms with Crippen molar-refractivity contribution in [3.8, 4) is 5.69 Å². The van der Waals surface area contributed by atoms with Crippen LogP contribution in [-0.2, 0) is 0 Å². The lowest BCUT2D eigenvalue weighted by Crippen LogP contribution is -2.04. The van der Waals surface area contributed by atoms with Gasteiger partial charge in [0.05, 0.1) is 5.69 Å². The maximum Gasteiger partial charge on any atom is 0.232 e. The number of fused-ring (bicyclic) bond motifs is 1. The molecule has 1 aromatic carbocycles. The van der Waals surface area contributed by atoms with Crippen LogP contribution in [-0.4, -0.2) is 29.5 Å². The van der Waals surface area contributed by atoms with Crippen LogP contribution in [0, 0.1) is 0 Å². The fourth-order valence-electron chi connectivity index (χ4n) is 2.76. The number of nitrogens with one attached hydrogen (secondary N) is 2. The molecule has 0 aliphatic carbocycles. The lowest BCUT2D eigenvalue weighted by atomic mass is 10.3. The molecule has 0 amide bonds. The predicted molar refractivity (Wildman–Crippen MR) is 110 cm³/mol. The van der Waals surface area contributed by atoms with Crippen LogP contribution >= 0.6 is 11.3 Å². The van der Waals surface area contributed by atoms with Gasteiger partial charge in [0.2, 0.25) is 5.95 Å². The zero-order chi connectivity index (χ0) is 18.8. The third-order valence-electron chi connectivity index (χ3n) is 4.04. The van der Waals surface area contributed by atoms with Gasteiger partial charge >= 0.3 is 0 Å². The standard InChI is InChI=1S/C19H14N8S/c1-2-4-13(5-3-1)23-17-16-18(27(12-22-16)14-7-9-28-10-14)26-19(25-17)24-15-6-8-20-11-21-15/h1-12H,(H2,20,21,23,24,25,26). The van der Waals surface area contributed by atoms with Crippen LogP contribution in [0.25, 0.3) is 16.9 Å². The average molecular weight is 386 g/mol. The molecule has 0 spiro atoms. The second kappa shape index (κ2) is 7.05. The summed E-state index contributed by atoms with van der Waals surface area (Å²) in [6.45, 7) is 0. The Bertz CT molecular complexity index is 1200.